The van der Waals surface area contributed by atoms with Gasteiger partial charge < -0.3 is 9.47 Å². The molecule has 0 heterocycles. The first-order valence-corrected chi connectivity index (χ1v) is 18.0. The lowest BCUT2D eigenvalue weighted by Gasteiger charge is -2.19. The summed E-state index contributed by atoms with van der Waals surface area (Å²) < 4.78 is 12.4. The zero-order valence-corrected chi connectivity index (χ0v) is 29.0. The summed E-state index contributed by atoms with van der Waals surface area (Å²) in [6, 6.07) is 4.63. The van der Waals surface area contributed by atoms with Gasteiger partial charge in [0.15, 0.2) is 6.29 Å². The first-order valence-electron chi connectivity index (χ1n) is 16.8. The molecule has 0 amide bonds. The smallest absolute Gasteiger partial charge is 0.157 e. The van der Waals surface area contributed by atoms with Crippen LogP contribution < -0.4 is 5.30 Å². The Hall–Kier alpha value is -0.400. The third-order valence-electron chi connectivity index (χ3n) is 8.00. The summed E-state index contributed by atoms with van der Waals surface area (Å²) in [7, 11) is 0.946. The molecule has 4 heteroatoms. The molecule has 0 fully saturated rings. The fourth-order valence-corrected chi connectivity index (χ4v) is 6.29. The molecule has 0 aliphatic heterocycles. The average Bonchev–Trinajstić information content (AvgIpc) is 2.94. The van der Waals surface area contributed by atoms with E-state index in [0.717, 1.165) is 28.2 Å². The van der Waals surface area contributed by atoms with E-state index in [1.807, 2.05) is 0 Å². The molecule has 0 N–H and O–H groups in total. The van der Waals surface area contributed by atoms with E-state index >= 15 is 0 Å². The van der Waals surface area contributed by atoms with Crippen molar-refractivity contribution in [2.75, 3.05) is 19.4 Å². The molecular weight excluding hydrogens is 531 g/mol. The maximum atomic E-state index is 6.19. The minimum atomic E-state index is 0. The molecular formula is C36H66ClO2P. The maximum absolute atomic E-state index is 6.19. The number of hydrogen-bond acceptors (Lipinski definition) is 2. The Morgan fingerprint density at radius 3 is 1.75 bits per heavy atom. The van der Waals surface area contributed by atoms with Crippen molar-refractivity contribution >= 4 is 26.3 Å². The van der Waals surface area contributed by atoms with Gasteiger partial charge in [-0.2, -0.15) is 0 Å². The molecule has 1 aromatic carbocycles. The molecule has 1 aromatic rings. The number of ether oxygens (including phenoxy) is 2. The molecule has 40 heavy (non-hydrogen) atoms. The standard InChI is InChI=1S/C36H65O2P.ClH/c1-6-8-10-12-19-23-29-37-36(38-30-24-20-13-11-9-7-2)26-22-18-16-14-15-17-21-25-31-39-35-28-27-32(3)33(4)34(35)5;/h15,17,27-28,36,39H,6-14,16,18-26,29-31H2,1-5H3;1H. The highest BCUT2D eigenvalue weighted by Gasteiger charge is 2.09. The summed E-state index contributed by atoms with van der Waals surface area (Å²) in [5.41, 5.74) is 4.40. The SMILES string of the molecule is CCCCCCCCOC(CCCCCC=CCCCPc1ccc(C)c(C)c1C)OCCCCCCCC.Cl. The molecule has 1 unspecified atom stereocenters. The van der Waals surface area contributed by atoms with E-state index in [2.05, 4.69) is 58.9 Å². The Bertz CT molecular complexity index is 703. The number of halogens is 1. The van der Waals surface area contributed by atoms with Gasteiger partial charge in [0.05, 0.1) is 0 Å². The van der Waals surface area contributed by atoms with Gasteiger partial charge in [-0.1, -0.05) is 117 Å². The molecule has 2 nitrogen and oxygen atoms in total. The zero-order chi connectivity index (χ0) is 28.4. The van der Waals surface area contributed by atoms with Crippen LogP contribution in [0.3, 0.4) is 0 Å². The van der Waals surface area contributed by atoms with Crippen molar-refractivity contribution < 1.29 is 9.47 Å². The van der Waals surface area contributed by atoms with Crippen molar-refractivity contribution in [3.05, 3.63) is 41.0 Å². The summed E-state index contributed by atoms with van der Waals surface area (Å²) in [5, 5.41) is 1.56. The highest BCUT2D eigenvalue weighted by molar-refractivity contribution is 7.47. The lowest BCUT2D eigenvalue weighted by molar-refractivity contribution is -0.148. The van der Waals surface area contributed by atoms with Gasteiger partial charge >= 0.3 is 0 Å². The Morgan fingerprint density at radius 2 is 1.15 bits per heavy atom. The van der Waals surface area contributed by atoms with E-state index in [4.69, 9.17) is 9.47 Å². The normalized spacial score (nSPS) is 11.8. The maximum Gasteiger partial charge on any atom is 0.157 e. The Balaban J connectivity index is 0.0000152. The molecule has 0 aliphatic rings. The van der Waals surface area contributed by atoms with Crippen LogP contribution in [0, 0.1) is 20.8 Å². The second-order valence-corrected chi connectivity index (χ2v) is 13.0. The minimum absolute atomic E-state index is 0. The molecule has 1 atom stereocenters. The lowest BCUT2D eigenvalue weighted by Crippen LogP contribution is -2.19. The molecule has 0 aromatic heterocycles. The van der Waals surface area contributed by atoms with E-state index in [-0.39, 0.29) is 18.7 Å². The first kappa shape index (κ1) is 39.6. The van der Waals surface area contributed by atoms with Gasteiger partial charge in [-0.05, 0) is 100 Å². The Labute approximate surface area is 258 Å². The van der Waals surface area contributed by atoms with Crippen molar-refractivity contribution in [1.82, 2.24) is 0 Å². The van der Waals surface area contributed by atoms with E-state index in [9.17, 15) is 0 Å². The van der Waals surface area contributed by atoms with Crippen molar-refractivity contribution in [3.8, 4) is 0 Å². The van der Waals surface area contributed by atoms with Crippen LogP contribution in [0.25, 0.3) is 0 Å². The van der Waals surface area contributed by atoms with Gasteiger partial charge in [0.2, 0.25) is 0 Å². The summed E-state index contributed by atoms with van der Waals surface area (Å²) >= 11 is 0. The van der Waals surface area contributed by atoms with E-state index in [0.29, 0.717) is 0 Å². The van der Waals surface area contributed by atoms with Crippen molar-refractivity contribution in [2.24, 2.45) is 0 Å². The van der Waals surface area contributed by atoms with Gasteiger partial charge in [0.1, 0.15) is 0 Å². The molecule has 0 aliphatic carbocycles. The fourth-order valence-electron chi connectivity index (χ4n) is 4.99. The topological polar surface area (TPSA) is 18.5 Å². The van der Waals surface area contributed by atoms with Crippen LogP contribution in [0.15, 0.2) is 24.3 Å². The predicted molar refractivity (Wildman–Crippen MR) is 185 cm³/mol. The van der Waals surface area contributed by atoms with Crippen LogP contribution in [0.4, 0.5) is 0 Å². The number of aryl methyl sites for hydroxylation is 1. The second kappa shape index (κ2) is 28.7. The van der Waals surface area contributed by atoms with Gasteiger partial charge in [0, 0.05) is 13.2 Å². The van der Waals surface area contributed by atoms with Crippen molar-refractivity contribution in [1.29, 1.82) is 0 Å². The molecule has 0 spiro atoms. The van der Waals surface area contributed by atoms with Crippen LogP contribution in [0.2, 0.25) is 0 Å². The van der Waals surface area contributed by atoms with Crippen molar-refractivity contribution in [3.63, 3.8) is 0 Å². The largest absolute Gasteiger partial charge is 0.353 e. The quantitative estimate of drug-likeness (QED) is 0.0435. The Morgan fingerprint density at radius 1 is 0.625 bits per heavy atom. The highest BCUT2D eigenvalue weighted by Crippen LogP contribution is 2.20. The van der Waals surface area contributed by atoms with Gasteiger partial charge in [-0.25, -0.2) is 0 Å². The first-order chi connectivity index (χ1) is 19.1. The molecule has 0 bridgehead atoms. The lowest BCUT2D eigenvalue weighted by atomic mass is 10.1. The number of rotatable bonds is 27. The zero-order valence-electron chi connectivity index (χ0n) is 27.2. The van der Waals surface area contributed by atoms with E-state index in [1.54, 1.807) is 5.30 Å². The minimum Gasteiger partial charge on any atom is -0.353 e. The molecule has 234 valence electrons. The summed E-state index contributed by atoms with van der Waals surface area (Å²) in [5.74, 6) is 0. The van der Waals surface area contributed by atoms with Crippen LogP contribution in [0.5, 0.6) is 0 Å². The monoisotopic (exact) mass is 596 g/mol. The summed E-state index contributed by atoms with van der Waals surface area (Å²) in [6.45, 7) is 13.0. The highest BCUT2D eigenvalue weighted by atomic mass is 35.5. The van der Waals surface area contributed by atoms with E-state index < -0.39 is 0 Å². The average molecular weight is 597 g/mol. The summed E-state index contributed by atoms with van der Waals surface area (Å²) in [6.07, 6.45) is 30.4. The molecule has 1 rings (SSSR count). The van der Waals surface area contributed by atoms with Crippen LogP contribution in [-0.2, 0) is 9.47 Å². The van der Waals surface area contributed by atoms with Gasteiger partial charge in [0.25, 0.3) is 0 Å². The second-order valence-electron chi connectivity index (χ2n) is 11.6. The predicted octanol–water partition coefficient (Wildman–Crippen LogP) is 11.7. The molecule has 0 saturated heterocycles. The number of allylic oxidation sites excluding steroid dienone is 2. The van der Waals surface area contributed by atoms with Crippen LogP contribution >= 0.6 is 21.0 Å². The van der Waals surface area contributed by atoms with Crippen LogP contribution in [0.1, 0.15) is 153 Å². The summed E-state index contributed by atoms with van der Waals surface area (Å²) in [4.78, 5) is 0. The third-order valence-corrected chi connectivity index (χ3v) is 9.53. The molecule has 0 saturated carbocycles. The Kier molecular flexibility index (Phi) is 28.4. The van der Waals surface area contributed by atoms with Crippen molar-refractivity contribution in [2.45, 2.75) is 163 Å². The fraction of sp³-hybridized carbons (Fsp3) is 0.778. The number of benzene rings is 1. The van der Waals surface area contributed by atoms with E-state index in [1.165, 1.54) is 138 Å². The van der Waals surface area contributed by atoms with Crippen LogP contribution in [-0.4, -0.2) is 25.7 Å². The number of unbranched alkanes of at least 4 members (excludes halogenated alkanes) is 14. The third kappa shape index (κ3) is 21.3. The van der Waals surface area contributed by atoms with Gasteiger partial charge in [-0.15, -0.1) is 12.4 Å². The molecule has 0 radical (unpaired) electrons. The number of hydrogen-bond donors (Lipinski definition) is 0. The van der Waals surface area contributed by atoms with Gasteiger partial charge in [-0.3, -0.25) is 0 Å².